The van der Waals surface area contributed by atoms with Crippen LogP contribution in [0, 0.1) is 5.92 Å². The second kappa shape index (κ2) is 6.35. The van der Waals surface area contributed by atoms with Gasteiger partial charge < -0.3 is 10.5 Å². The summed E-state index contributed by atoms with van der Waals surface area (Å²) in [6.45, 7) is 8.04. The van der Waals surface area contributed by atoms with Crippen LogP contribution in [0.25, 0.3) is 0 Å². The van der Waals surface area contributed by atoms with Crippen molar-refractivity contribution < 1.29 is 4.74 Å². The Morgan fingerprint density at radius 3 is 2.15 bits per heavy atom. The molecule has 0 fully saturated rings. The van der Waals surface area contributed by atoms with Crippen LogP contribution < -0.4 is 5.73 Å². The maximum absolute atomic E-state index is 5.68. The highest BCUT2D eigenvalue weighted by Gasteiger charge is 2.20. The Kier molecular flexibility index (Phi) is 6.29. The standard InChI is InChI=1S/C10H24N2O/c1-8(2)9(3)12(4)10(6-11)7-13-5/h8-10H,6-7,11H2,1-5H3. The zero-order chi connectivity index (χ0) is 10.4. The number of methoxy groups -OCH3 is 1. The van der Waals surface area contributed by atoms with Crippen molar-refractivity contribution in [2.75, 3.05) is 27.3 Å². The second-order valence-electron chi connectivity index (χ2n) is 3.99. The van der Waals surface area contributed by atoms with Crippen molar-refractivity contribution in [2.45, 2.75) is 32.9 Å². The van der Waals surface area contributed by atoms with E-state index in [1.165, 1.54) is 0 Å². The van der Waals surface area contributed by atoms with Crippen molar-refractivity contribution in [3.63, 3.8) is 0 Å². The molecular weight excluding hydrogens is 164 g/mol. The van der Waals surface area contributed by atoms with Gasteiger partial charge in [0.2, 0.25) is 0 Å². The van der Waals surface area contributed by atoms with Crippen LogP contribution >= 0.6 is 0 Å². The lowest BCUT2D eigenvalue weighted by Crippen LogP contribution is -2.47. The van der Waals surface area contributed by atoms with Gasteiger partial charge in [0.05, 0.1) is 6.61 Å². The molecule has 0 aliphatic rings. The zero-order valence-electron chi connectivity index (χ0n) is 9.58. The predicted octanol–water partition coefficient (Wildman–Crippen LogP) is 0.936. The Bertz CT molecular complexity index is 128. The van der Waals surface area contributed by atoms with Crippen LogP contribution in [0.4, 0.5) is 0 Å². The van der Waals surface area contributed by atoms with Gasteiger partial charge in [-0.25, -0.2) is 0 Å². The lowest BCUT2D eigenvalue weighted by atomic mass is 10.0. The van der Waals surface area contributed by atoms with E-state index in [2.05, 4.69) is 32.7 Å². The Morgan fingerprint density at radius 1 is 1.31 bits per heavy atom. The molecule has 0 heterocycles. The quantitative estimate of drug-likeness (QED) is 0.674. The van der Waals surface area contributed by atoms with Crippen LogP contribution in [-0.2, 0) is 4.74 Å². The zero-order valence-corrected chi connectivity index (χ0v) is 9.58. The molecule has 13 heavy (non-hydrogen) atoms. The fourth-order valence-corrected chi connectivity index (χ4v) is 1.35. The van der Waals surface area contributed by atoms with Crippen molar-refractivity contribution in [1.82, 2.24) is 4.90 Å². The number of nitrogens with zero attached hydrogens (tertiary/aromatic N) is 1. The molecule has 0 aliphatic heterocycles. The molecular formula is C10H24N2O. The highest BCUT2D eigenvalue weighted by molar-refractivity contribution is 4.76. The fourth-order valence-electron chi connectivity index (χ4n) is 1.35. The maximum atomic E-state index is 5.68. The van der Waals surface area contributed by atoms with E-state index in [0.29, 0.717) is 31.2 Å². The minimum Gasteiger partial charge on any atom is -0.383 e. The molecule has 0 amide bonds. The molecule has 0 aliphatic carbocycles. The van der Waals surface area contributed by atoms with Gasteiger partial charge >= 0.3 is 0 Å². The van der Waals surface area contributed by atoms with Crippen LogP contribution in [0.2, 0.25) is 0 Å². The Morgan fingerprint density at radius 2 is 1.85 bits per heavy atom. The first kappa shape index (κ1) is 12.9. The van der Waals surface area contributed by atoms with E-state index in [9.17, 15) is 0 Å². The number of likely N-dealkylation sites (N-methyl/N-ethyl adjacent to an activating group) is 1. The molecule has 0 aromatic rings. The summed E-state index contributed by atoms with van der Waals surface area (Å²) in [5, 5.41) is 0. The average molecular weight is 188 g/mol. The monoisotopic (exact) mass is 188 g/mol. The third-order valence-electron chi connectivity index (χ3n) is 2.81. The Hall–Kier alpha value is -0.120. The third-order valence-corrected chi connectivity index (χ3v) is 2.81. The summed E-state index contributed by atoms with van der Waals surface area (Å²) in [7, 11) is 3.83. The van der Waals surface area contributed by atoms with Gasteiger partial charge in [-0.05, 0) is 19.9 Å². The van der Waals surface area contributed by atoms with Crippen molar-refractivity contribution in [3.8, 4) is 0 Å². The van der Waals surface area contributed by atoms with E-state index < -0.39 is 0 Å². The molecule has 2 atom stereocenters. The molecule has 0 saturated heterocycles. The number of nitrogens with two attached hydrogens (primary N) is 1. The number of hydrogen-bond donors (Lipinski definition) is 1. The number of ether oxygens (including phenoxy) is 1. The van der Waals surface area contributed by atoms with Crippen molar-refractivity contribution in [1.29, 1.82) is 0 Å². The van der Waals surface area contributed by atoms with E-state index >= 15 is 0 Å². The van der Waals surface area contributed by atoms with Crippen LogP contribution in [0.15, 0.2) is 0 Å². The van der Waals surface area contributed by atoms with Gasteiger partial charge in [-0.1, -0.05) is 13.8 Å². The number of hydrogen-bond acceptors (Lipinski definition) is 3. The minimum atomic E-state index is 0.336. The summed E-state index contributed by atoms with van der Waals surface area (Å²) >= 11 is 0. The maximum Gasteiger partial charge on any atom is 0.0630 e. The normalized spacial score (nSPS) is 16.6. The molecule has 0 rings (SSSR count). The SMILES string of the molecule is COCC(CN)N(C)C(C)C(C)C. The molecule has 0 bridgehead atoms. The van der Waals surface area contributed by atoms with Gasteiger partial charge in [0.1, 0.15) is 0 Å². The summed E-state index contributed by atoms with van der Waals surface area (Å²) < 4.78 is 5.12. The topological polar surface area (TPSA) is 38.5 Å². The molecule has 0 saturated carbocycles. The van der Waals surface area contributed by atoms with Gasteiger partial charge in [-0.3, -0.25) is 4.90 Å². The smallest absolute Gasteiger partial charge is 0.0630 e. The van der Waals surface area contributed by atoms with Crippen molar-refractivity contribution in [3.05, 3.63) is 0 Å². The molecule has 0 spiro atoms. The molecule has 3 nitrogen and oxygen atoms in total. The fraction of sp³-hybridized carbons (Fsp3) is 1.00. The minimum absolute atomic E-state index is 0.336. The highest BCUT2D eigenvalue weighted by atomic mass is 16.5. The predicted molar refractivity (Wildman–Crippen MR) is 56.8 cm³/mol. The third kappa shape index (κ3) is 4.07. The Balaban J connectivity index is 4.10. The second-order valence-corrected chi connectivity index (χ2v) is 3.99. The van der Waals surface area contributed by atoms with Gasteiger partial charge in [0.25, 0.3) is 0 Å². The average Bonchev–Trinajstić information content (AvgIpc) is 2.11. The number of rotatable bonds is 6. The van der Waals surface area contributed by atoms with Crippen LogP contribution in [0.5, 0.6) is 0 Å². The van der Waals surface area contributed by atoms with E-state index in [1.54, 1.807) is 7.11 Å². The first-order chi connectivity index (χ1) is 6.04. The summed E-state index contributed by atoms with van der Waals surface area (Å²) in [5.74, 6) is 0.649. The van der Waals surface area contributed by atoms with Crippen LogP contribution in [-0.4, -0.2) is 44.3 Å². The Labute approximate surface area is 82.2 Å². The van der Waals surface area contributed by atoms with Gasteiger partial charge in [-0.15, -0.1) is 0 Å². The molecule has 0 aromatic heterocycles. The largest absolute Gasteiger partial charge is 0.383 e. The summed E-state index contributed by atoms with van der Waals surface area (Å²) in [5.41, 5.74) is 5.68. The molecule has 0 radical (unpaired) electrons. The summed E-state index contributed by atoms with van der Waals surface area (Å²) in [6, 6.07) is 0.881. The van der Waals surface area contributed by atoms with E-state index in [4.69, 9.17) is 10.5 Å². The van der Waals surface area contributed by atoms with E-state index in [-0.39, 0.29) is 0 Å². The first-order valence-electron chi connectivity index (χ1n) is 4.95. The van der Waals surface area contributed by atoms with Crippen LogP contribution in [0.1, 0.15) is 20.8 Å². The van der Waals surface area contributed by atoms with Crippen LogP contribution in [0.3, 0.4) is 0 Å². The first-order valence-corrected chi connectivity index (χ1v) is 4.95. The van der Waals surface area contributed by atoms with Gasteiger partial charge in [-0.2, -0.15) is 0 Å². The molecule has 2 unspecified atom stereocenters. The van der Waals surface area contributed by atoms with Gasteiger partial charge in [0, 0.05) is 25.7 Å². The highest BCUT2D eigenvalue weighted by Crippen LogP contribution is 2.10. The van der Waals surface area contributed by atoms with Gasteiger partial charge in [0.15, 0.2) is 0 Å². The summed E-state index contributed by atoms with van der Waals surface area (Å²) in [4.78, 5) is 2.30. The lowest BCUT2D eigenvalue weighted by molar-refractivity contribution is 0.0748. The van der Waals surface area contributed by atoms with E-state index in [0.717, 1.165) is 0 Å². The molecule has 2 N–H and O–H groups in total. The molecule has 0 aromatic carbocycles. The molecule has 80 valence electrons. The molecule has 3 heteroatoms. The lowest BCUT2D eigenvalue weighted by Gasteiger charge is -2.34. The van der Waals surface area contributed by atoms with Crippen molar-refractivity contribution >= 4 is 0 Å². The van der Waals surface area contributed by atoms with E-state index in [1.807, 2.05) is 0 Å². The summed E-state index contributed by atoms with van der Waals surface area (Å²) in [6.07, 6.45) is 0. The van der Waals surface area contributed by atoms with Crippen molar-refractivity contribution in [2.24, 2.45) is 11.7 Å².